The summed E-state index contributed by atoms with van der Waals surface area (Å²) in [5, 5.41) is 15.4. The van der Waals surface area contributed by atoms with Gasteiger partial charge in [0, 0.05) is 25.7 Å². The van der Waals surface area contributed by atoms with Crippen molar-refractivity contribution in [3.05, 3.63) is 17.5 Å². The Morgan fingerprint density at radius 2 is 2.16 bits per heavy atom. The average Bonchev–Trinajstić information content (AvgIpc) is 2.67. The molecule has 0 fully saturated rings. The minimum Gasteiger partial charge on any atom is -0.481 e. The summed E-state index contributed by atoms with van der Waals surface area (Å²) in [5.41, 5.74) is 1.41. The Labute approximate surface area is 112 Å². The molecule has 6 nitrogen and oxygen atoms in total. The Balaban J connectivity index is 2.31. The zero-order valence-corrected chi connectivity index (χ0v) is 11.6. The van der Waals surface area contributed by atoms with E-state index in [2.05, 4.69) is 10.4 Å². The van der Waals surface area contributed by atoms with Crippen LogP contribution in [0.25, 0.3) is 0 Å². The van der Waals surface area contributed by atoms with Gasteiger partial charge >= 0.3 is 5.97 Å². The number of nitrogens with one attached hydrogen (secondary N) is 1. The molecule has 1 rings (SSSR count). The lowest BCUT2D eigenvalue weighted by Crippen LogP contribution is -2.26. The molecule has 0 radical (unpaired) electrons. The van der Waals surface area contributed by atoms with Crippen LogP contribution in [0, 0.1) is 12.8 Å². The van der Waals surface area contributed by atoms with Gasteiger partial charge in [0.25, 0.3) is 5.91 Å². The molecule has 0 aliphatic carbocycles. The molecule has 1 heterocycles. The zero-order chi connectivity index (χ0) is 14.4. The molecule has 0 saturated carbocycles. The second kappa shape index (κ2) is 6.92. The van der Waals surface area contributed by atoms with Gasteiger partial charge in [0.1, 0.15) is 0 Å². The number of carboxylic acids is 1. The summed E-state index contributed by atoms with van der Waals surface area (Å²) in [6.07, 6.45) is 3.14. The van der Waals surface area contributed by atoms with Crippen molar-refractivity contribution in [1.29, 1.82) is 0 Å². The van der Waals surface area contributed by atoms with Crippen LogP contribution in [0.3, 0.4) is 0 Å². The Morgan fingerprint density at radius 1 is 1.47 bits per heavy atom. The number of hydrogen-bond donors (Lipinski definition) is 2. The molecule has 1 atom stereocenters. The first-order valence-corrected chi connectivity index (χ1v) is 6.40. The SMILES string of the molecule is Cc1c(C(=O)NCCC(C)CCC(=O)O)cnn1C. The summed E-state index contributed by atoms with van der Waals surface area (Å²) in [6.45, 7) is 4.38. The fraction of sp³-hybridized carbons (Fsp3) is 0.615. The number of rotatable bonds is 7. The van der Waals surface area contributed by atoms with Crippen LogP contribution in [0.1, 0.15) is 42.2 Å². The highest BCUT2D eigenvalue weighted by atomic mass is 16.4. The summed E-state index contributed by atoms with van der Waals surface area (Å²) in [4.78, 5) is 22.3. The van der Waals surface area contributed by atoms with Gasteiger partial charge in [-0.1, -0.05) is 6.92 Å². The molecule has 1 aromatic rings. The first kappa shape index (κ1) is 15.2. The normalized spacial score (nSPS) is 12.2. The first-order valence-electron chi connectivity index (χ1n) is 6.40. The molecule has 0 aliphatic rings. The van der Waals surface area contributed by atoms with E-state index in [1.807, 2.05) is 13.8 Å². The lowest BCUT2D eigenvalue weighted by Gasteiger charge is -2.10. The molecule has 106 valence electrons. The molecular weight excluding hydrogens is 246 g/mol. The molecule has 0 spiro atoms. The van der Waals surface area contributed by atoms with Crippen molar-refractivity contribution < 1.29 is 14.7 Å². The second-order valence-corrected chi connectivity index (χ2v) is 4.85. The molecule has 0 bridgehead atoms. The summed E-state index contributed by atoms with van der Waals surface area (Å²) >= 11 is 0. The molecule has 6 heteroatoms. The van der Waals surface area contributed by atoms with Crippen LogP contribution in [0.4, 0.5) is 0 Å². The van der Waals surface area contributed by atoms with Gasteiger partial charge in [0.2, 0.25) is 0 Å². The topological polar surface area (TPSA) is 84.2 Å². The molecular formula is C13H21N3O3. The molecule has 2 N–H and O–H groups in total. The van der Waals surface area contributed by atoms with Crippen LogP contribution in [0.5, 0.6) is 0 Å². The lowest BCUT2D eigenvalue weighted by molar-refractivity contribution is -0.137. The standard InChI is InChI=1S/C13H21N3O3/c1-9(4-5-12(17)18)6-7-14-13(19)11-8-15-16(3)10(11)2/h8-9H,4-7H2,1-3H3,(H,14,19)(H,17,18). The maximum Gasteiger partial charge on any atom is 0.303 e. The number of carboxylic acid groups (broad SMARTS) is 1. The zero-order valence-electron chi connectivity index (χ0n) is 11.6. The van der Waals surface area contributed by atoms with Crippen molar-refractivity contribution in [2.45, 2.75) is 33.1 Å². The van der Waals surface area contributed by atoms with Gasteiger partial charge in [-0.05, 0) is 25.7 Å². The molecule has 0 saturated heterocycles. The van der Waals surface area contributed by atoms with E-state index in [1.54, 1.807) is 17.9 Å². The Hall–Kier alpha value is -1.85. The van der Waals surface area contributed by atoms with Crippen LogP contribution in [0.15, 0.2) is 6.20 Å². The molecule has 1 amide bonds. The Kier molecular flexibility index (Phi) is 5.54. The van der Waals surface area contributed by atoms with Gasteiger partial charge in [-0.3, -0.25) is 14.3 Å². The highest BCUT2D eigenvalue weighted by molar-refractivity contribution is 5.94. The third kappa shape index (κ3) is 4.73. The van der Waals surface area contributed by atoms with Crippen molar-refractivity contribution in [1.82, 2.24) is 15.1 Å². The maximum absolute atomic E-state index is 11.9. The smallest absolute Gasteiger partial charge is 0.303 e. The molecule has 1 aromatic heterocycles. The first-order chi connectivity index (χ1) is 8.91. The number of hydrogen-bond acceptors (Lipinski definition) is 3. The fourth-order valence-electron chi connectivity index (χ4n) is 1.76. The fourth-order valence-corrected chi connectivity index (χ4v) is 1.76. The molecule has 1 unspecified atom stereocenters. The van der Waals surface area contributed by atoms with Gasteiger partial charge in [-0.25, -0.2) is 0 Å². The maximum atomic E-state index is 11.9. The van der Waals surface area contributed by atoms with Crippen LogP contribution >= 0.6 is 0 Å². The highest BCUT2D eigenvalue weighted by Gasteiger charge is 2.12. The third-order valence-corrected chi connectivity index (χ3v) is 3.25. The van der Waals surface area contributed by atoms with E-state index < -0.39 is 5.97 Å². The van der Waals surface area contributed by atoms with E-state index in [-0.39, 0.29) is 18.2 Å². The Morgan fingerprint density at radius 3 is 2.68 bits per heavy atom. The summed E-state index contributed by atoms with van der Waals surface area (Å²) in [6, 6.07) is 0. The largest absolute Gasteiger partial charge is 0.481 e. The average molecular weight is 267 g/mol. The van der Waals surface area contributed by atoms with Crippen molar-refractivity contribution >= 4 is 11.9 Å². The highest BCUT2D eigenvalue weighted by Crippen LogP contribution is 2.10. The van der Waals surface area contributed by atoms with E-state index in [0.29, 0.717) is 18.5 Å². The number of aryl methyl sites for hydroxylation is 1. The number of nitrogens with zero attached hydrogens (tertiary/aromatic N) is 2. The summed E-state index contributed by atoms with van der Waals surface area (Å²) in [7, 11) is 1.79. The molecule has 19 heavy (non-hydrogen) atoms. The van der Waals surface area contributed by atoms with Crippen LogP contribution < -0.4 is 5.32 Å². The van der Waals surface area contributed by atoms with Crippen molar-refractivity contribution in [2.75, 3.05) is 6.54 Å². The van der Waals surface area contributed by atoms with E-state index >= 15 is 0 Å². The lowest BCUT2D eigenvalue weighted by atomic mass is 10.0. The van der Waals surface area contributed by atoms with Gasteiger partial charge in [-0.15, -0.1) is 0 Å². The van der Waals surface area contributed by atoms with Crippen LogP contribution in [-0.2, 0) is 11.8 Å². The van der Waals surface area contributed by atoms with E-state index in [0.717, 1.165) is 12.1 Å². The Bertz CT molecular complexity index is 454. The van der Waals surface area contributed by atoms with Crippen molar-refractivity contribution in [2.24, 2.45) is 13.0 Å². The quantitative estimate of drug-likeness (QED) is 0.781. The predicted octanol–water partition coefficient (Wildman–Crippen LogP) is 1.35. The number of aliphatic carboxylic acids is 1. The number of aromatic nitrogens is 2. The monoisotopic (exact) mass is 267 g/mol. The molecule has 0 aliphatic heterocycles. The van der Waals surface area contributed by atoms with Crippen molar-refractivity contribution in [3.8, 4) is 0 Å². The number of carbonyl (C=O) groups excluding carboxylic acids is 1. The molecule has 0 aromatic carbocycles. The van der Waals surface area contributed by atoms with E-state index in [4.69, 9.17) is 5.11 Å². The van der Waals surface area contributed by atoms with Gasteiger partial charge in [0.05, 0.1) is 11.8 Å². The minimum atomic E-state index is -0.776. The van der Waals surface area contributed by atoms with Crippen molar-refractivity contribution in [3.63, 3.8) is 0 Å². The summed E-state index contributed by atoms with van der Waals surface area (Å²) in [5.74, 6) is -0.621. The predicted molar refractivity (Wildman–Crippen MR) is 70.9 cm³/mol. The second-order valence-electron chi connectivity index (χ2n) is 4.85. The van der Waals surface area contributed by atoms with E-state index in [1.165, 1.54) is 0 Å². The number of carbonyl (C=O) groups is 2. The van der Waals surface area contributed by atoms with Crippen LogP contribution in [0.2, 0.25) is 0 Å². The van der Waals surface area contributed by atoms with Gasteiger partial charge < -0.3 is 10.4 Å². The third-order valence-electron chi connectivity index (χ3n) is 3.25. The van der Waals surface area contributed by atoms with Gasteiger partial charge in [-0.2, -0.15) is 5.10 Å². The van der Waals surface area contributed by atoms with E-state index in [9.17, 15) is 9.59 Å². The number of amides is 1. The summed E-state index contributed by atoms with van der Waals surface area (Å²) < 4.78 is 1.66. The van der Waals surface area contributed by atoms with Crippen LogP contribution in [-0.4, -0.2) is 33.3 Å². The van der Waals surface area contributed by atoms with Gasteiger partial charge in [0.15, 0.2) is 0 Å². The minimum absolute atomic E-state index is 0.129.